The smallest absolute Gasteiger partial charge is 0.255 e. The van der Waals surface area contributed by atoms with Crippen LogP contribution in [0.4, 0.5) is 4.39 Å². The minimum atomic E-state index is -0.212. The Morgan fingerprint density at radius 3 is 2.92 bits per heavy atom. The Hall–Kier alpha value is -2.14. The van der Waals surface area contributed by atoms with E-state index in [-0.39, 0.29) is 11.7 Å². The molecule has 1 amide bonds. The molecule has 2 aromatic rings. The summed E-state index contributed by atoms with van der Waals surface area (Å²) in [6, 6.07) is 7.00. The van der Waals surface area contributed by atoms with E-state index in [9.17, 15) is 9.18 Å². The second-order valence-corrected chi connectivity index (χ2v) is 7.48. The molecule has 1 fully saturated rings. The van der Waals surface area contributed by atoms with Crippen LogP contribution in [0, 0.1) is 12.7 Å². The first-order valence-corrected chi connectivity index (χ1v) is 9.49. The summed E-state index contributed by atoms with van der Waals surface area (Å²) in [5, 5.41) is 3.18. The van der Waals surface area contributed by atoms with E-state index in [1.54, 1.807) is 12.1 Å². The van der Waals surface area contributed by atoms with Crippen LogP contribution < -0.4 is 5.32 Å². The van der Waals surface area contributed by atoms with Crippen LogP contribution >= 0.6 is 0 Å². The monoisotopic (exact) mass is 356 g/mol. The molecule has 1 aromatic carbocycles. The fourth-order valence-electron chi connectivity index (χ4n) is 4.23. The van der Waals surface area contributed by atoms with E-state index in [1.807, 2.05) is 13.0 Å². The second kappa shape index (κ2) is 7.23. The predicted octanol–water partition coefficient (Wildman–Crippen LogP) is 3.96. The van der Waals surface area contributed by atoms with Gasteiger partial charge in [-0.1, -0.05) is 25.0 Å². The van der Waals surface area contributed by atoms with E-state index < -0.39 is 0 Å². The number of nitrogens with zero attached hydrogens (tertiary/aromatic N) is 1. The standard InChI is InChI=1S/C21H25FN2O2/c1-14-20(21(25)23-17-7-2-3-8-17)18-13-24(10-9-19(18)26-14)12-15-5-4-6-16(22)11-15/h4-6,11,17H,2-3,7-10,12-13H2,1H3,(H,23,25). The molecular formula is C21H25FN2O2. The number of halogens is 1. The van der Waals surface area contributed by atoms with Crippen LogP contribution in [-0.2, 0) is 19.5 Å². The first-order chi connectivity index (χ1) is 12.6. The van der Waals surface area contributed by atoms with Crippen LogP contribution in [-0.4, -0.2) is 23.4 Å². The lowest BCUT2D eigenvalue weighted by Crippen LogP contribution is -2.35. The normalized spacial score (nSPS) is 18.1. The van der Waals surface area contributed by atoms with E-state index in [1.165, 1.54) is 18.9 Å². The van der Waals surface area contributed by atoms with Gasteiger partial charge in [0.25, 0.3) is 5.91 Å². The number of hydrogen-bond donors (Lipinski definition) is 1. The lowest BCUT2D eigenvalue weighted by atomic mass is 10.0. The molecule has 4 rings (SSSR count). The Labute approximate surface area is 153 Å². The van der Waals surface area contributed by atoms with Gasteiger partial charge in [0, 0.05) is 37.7 Å². The minimum Gasteiger partial charge on any atom is -0.465 e. The van der Waals surface area contributed by atoms with Gasteiger partial charge in [0.15, 0.2) is 0 Å². The average Bonchev–Trinajstić information content (AvgIpc) is 3.21. The van der Waals surface area contributed by atoms with Crippen LogP contribution in [0.25, 0.3) is 0 Å². The molecule has 0 unspecified atom stereocenters. The minimum absolute atomic E-state index is 0.00740. The van der Waals surface area contributed by atoms with Crippen molar-refractivity contribution in [1.29, 1.82) is 0 Å². The second-order valence-electron chi connectivity index (χ2n) is 7.48. The van der Waals surface area contributed by atoms with Crippen molar-refractivity contribution in [2.45, 2.75) is 58.2 Å². The highest BCUT2D eigenvalue weighted by molar-refractivity contribution is 5.97. The molecule has 26 heavy (non-hydrogen) atoms. The predicted molar refractivity (Wildman–Crippen MR) is 97.4 cm³/mol. The van der Waals surface area contributed by atoms with Gasteiger partial charge in [-0.05, 0) is 37.5 Å². The number of furan rings is 1. The molecule has 1 aromatic heterocycles. The number of rotatable bonds is 4. The molecule has 1 N–H and O–H groups in total. The Morgan fingerprint density at radius 2 is 2.15 bits per heavy atom. The van der Waals surface area contributed by atoms with Gasteiger partial charge in [0.05, 0.1) is 5.56 Å². The van der Waals surface area contributed by atoms with Crippen molar-refractivity contribution in [2.24, 2.45) is 0 Å². The molecule has 2 heterocycles. The molecule has 0 spiro atoms. The third kappa shape index (κ3) is 3.54. The van der Waals surface area contributed by atoms with Crippen LogP contribution in [0.2, 0.25) is 0 Å². The number of hydrogen-bond acceptors (Lipinski definition) is 3. The zero-order valence-electron chi connectivity index (χ0n) is 15.2. The van der Waals surface area contributed by atoms with Crippen LogP contribution in [0.1, 0.15) is 58.7 Å². The fraction of sp³-hybridized carbons (Fsp3) is 0.476. The summed E-state index contributed by atoms with van der Waals surface area (Å²) in [5.74, 6) is 1.41. The molecule has 0 atom stereocenters. The first-order valence-electron chi connectivity index (χ1n) is 9.49. The molecule has 0 radical (unpaired) electrons. The van der Waals surface area contributed by atoms with Crippen molar-refractivity contribution in [2.75, 3.05) is 6.54 Å². The summed E-state index contributed by atoms with van der Waals surface area (Å²) < 4.78 is 19.3. The third-order valence-corrected chi connectivity index (χ3v) is 5.52. The maximum atomic E-state index is 13.4. The number of benzene rings is 1. The average molecular weight is 356 g/mol. The SMILES string of the molecule is Cc1oc2c(c1C(=O)NC1CCCC1)CN(Cc1cccc(F)c1)CC2. The molecule has 1 aliphatic heterocycles. The molecule has 5 heteroatoms. The molecule has 1 aliphatic carbocycles. The summed E-state index contributed by atoms with van der Waals surface area (Å²) in [7, 11) is 0. The van der Waals surface area contributed by atoms with Gasteiger partial charge < -0.3 is 9.73 Å². The summed E-state index contributed by atoms with van der Waals surface area (Å²) in [6.45, 7) is 4.06. The lowest BCUT2D eigenvalue weighted by Gasteiger charge is -2.26. The van der Waals surface area contributed by atoms with E-state index >= 15 is 0 Å². The lowest BCUT2D eigenvalue weighted by molar-refractivity contribution is 0.0934. The first kappa shape index (κ1) is 17.3. The highest BCUT2D eigenvalue weighted by Gasteiger charge is 2.29. The number of aryl methyl sites for hydroxylation is 1. The van der Waals surface area contributed by atoms with Gasteiger partial charge in [-0.2, -0.15) is 0 Å². The van der Waals surface area contributed by atoms with Crippen molar-refractivity contribution in [3.05, 3.63) is 58.3 Å². The van der Waals surface area contributed by atoms with Crippen molar-refractivity contribution < 1.29 is 13.6 Å². The maximum absolute atomic E-state index is 13.4. The summed E-state index contributed by atoms with van der Waals surface area (Å²) >= 11 is 0. The van der Waals surface area contributed by atoms with E-state index in [2.05, 4.69) is 10.2 Å². The van der Waals surface area contributed by atoms with Crippen molar-refractivity contribution in [1.82, 2.24) is 10.2 Å². The van der Waals surface area contributed by atoms with Crippen molar-refractivity contribution in [3.63, 3.8) is 0 Å². The van der Waals surface area contributed by atoms with Gasteiger partial charge in [0.2, 0.25) is 0 Å². The number of fused-ring (bicyclic) bond motifs is 1. The molecule has 1 saturated carbocycles. The molecule has 0 saturated heterocycles. The Balaban J connectivity index is 1.51. The largest absolute Gasteiger partial charge is 0.465 e. The molecular weight excluding hydrogens is 331 g/mol. The van der Waals surface area contributed by atoms with Gasteiger partial charge in [-0.3, -0.25) is 9.69 Å². The summed E-state index contributed by atoms with van der Waals surface area (Å²) in [5.41, 5.74) is 2.65. The van der Waals surface area contributed by atoms with Gasteiger partial charge in [-0.15, -0.1) is 0 Å². The Bertz CT molecular complexity index is 808. The zero-order valence-corrected chi connectivity index (χ0v) is 15.2. The van der Waals surface area contributed by atoms with Crippen LogP contribution in [0.5, 0.6) is 0 Å². The number of nitrogens with one attached hydrogen (secondary N) is 1. The van der Waals surface area contributed by atoms with Crippen molar-refractivity contribution >= 4 is 5.91 Å². The van der Waals surface area contributed by atoms with Gasteiger partial charge in [-0.25, -0.2) is 4.39 Å². The summed E-state index contributed by atoms with van der Waals surface area (Å²) in [6.07, 6.45) is 5.29. The highest BCUT2D eigenvalue weighted by Crippen LogP contribution is 2.29. The van der Waals surface area contributed by atoms with E-state index in [4.69, 9.17) is 4.42 Å². The topological polar surface area (TPSA) is 45.5 Å². The van der Waals surface area contributed by atoms with Crippen molar-refractivity contribution in [3.8, 4) is 0 Å². The third-order valence-electron chi connectivity index (χ3n) is 5.52. The number of carbonyl (C=O) groups is 1. The maximum Gasteiger partial charge on any atom is 0.255 e. The van der Waals surface area contributed by atoms with Crippen LogP contribution in [0.15, 0.2) is 28.7 Å². The molecule has 138 valence electrons. The van der Waals surface area contributed by atoms with Gasteiger partial charge in [0.1, 0.15) is 17.3 Å². The quantitative estimate of drug-likeness (QED) is 0.902. The molecule has 0 bridgehead atoms. The number of amides is 1. The molecule has 2 aliphatic rings. The Morgan fingerprint density at radius 1 is 1.35 bits per heavy atom. The highest BCUT2D eigenvalue weighted by atomic mass is 19.1. The Kier molecular flexibility index (Phi) is 4.81. The number of carbonyl (C=O) groups excluding carboxylic acids is 1. The van der Waals surface area contributed by atoms with E-state index in [0.29, 0.717) is 30.5 Å². The fourth-order valence-corrected chi connectivity index (χ4v) is 4.23. The van der Waals surface area contributed by atoms with Gasteiger partial charge >= 0.3 is 0 Å². The van der Waals surface area contributed by atoms with Crippen LogP contribution in [0.3, 0.4) is 0 Å². The summed E-state index contributed by atoms with van der Waals surface area (Å²) in [4.78, 5) is 15.1. The molecule has 4 nitrogen and oxygen atoms in total. The van der Waals surface area contributed by atoms with E-state index in [0.717, 1.165) is 42.7 Å². The zero-order chi connectivity index (χ0) is 18.1.